The molecule has 1 aromatic rings. The van der Waals surface area contributed by atoms with Gasteiger partial charge in [0.25, 0.3) is 0 Å². The van der Waals surface area contributed by atoms with E-state index in [1.54, 1.807) is 0 Å². The molecule has 2 nitrogen and oxygen atoms in total. The highest BCUT2D eigenvalue weighted by Gasteiger charge is 2.18. The average molecular weight is 269 g/mol. The Morgan fingerprint density at radius 2 is 1.89 bits per heavy atom. The molecule has 0 spiro atoms. The van der Waals surface area contributed by atoms with Crippen molar-refractivity contribution in [2.45, 2.75) is 40.2 Å². The van der Waals surface area contributed by atoms with E-state index in [4.69, 9.17) is 17.3 Å². The molecule has 102 valence electrons. The predicted molar refractivity (Wildman–Crippen MR) is 81.5 cm³/mol. The third-order valence-electron chi connectivity index (χ3n) is 2.96. The Bertz CT molecular complexity index is 375. The first-order valence-corrected chi connectivity index (χ1v) is 7.09. The van der Waals surface area contributed by atoms with Gasteiger partial charge in [-0.1, -0.05) is 37.6 Å². The highest BCUT2D eigenvalue weighted by Crippen LogP contribution is 2.32. The van der Waals surface area contributed by atoms with Gasteiger partial charge in [-0.25, -0.2) is 0 Å². The van der Waals surface area contributed by atoms with Crippen molar-refractivity contribution >= 4 is 17.3 Å². The van der Waals surface area contributed by atoms with Gasteiger partial charge in [0.05, 0.1) is 10.7 Å². The summed E-state index contributed by atoms with van der Waals surface area (Å²) in [6.45, 7) is 10.5. The SMILES string of the molecule is CC(C)CN(c1c(Cl)cccc1CCN)C(C)C. The van der Waals surface area contributed by atoms with Gasteiger partial charge in [-0.15, -0.1) is 0 Å². The summed E-state index contributed by atoms with van der Waals surface area (Å²) in [7, 11) is 0. The number of rotatable bonds is 6. The normalized spacial score (nSPS) is 11.3. The van der Waals surface area contributed by atoms with Crippen LogP contribution in [0.15, 0.2) is 18.2 Å². The van der Waals surface area contributed by atoms with E-state index in [2.05, 4.69) is 38.7 Å². The second-order valence-corrected chi connectivity index (χ2v) is 5.83. The molecule has 0 heterocycles. The number of nitrogens with two attached hydrogens (primary N) is 1. The number of anilines is 1. The fraction of sp³-hybridized carbons (Fsp3) is 0.600. The van der Waals surface area contributed by atoms with Gasteiger partial charge < -0.3 is 10.6 Å². The van der Waals surface area contributed by atoms with Gasteiger partial charge in [-0.05, 0) is 44.4 Å². The van der Waals surface area contributed by atoms with E-state index in [0.29, 0.717) is 18.5 Å². The zero-order valence-corrected chi connectivity index (χ0v) is 12.7. The number of halogens is 1. The Hall–Kier alpha value is -0.730. The number of nitrogens with zero attached hydrogens (tertiary/aromatic N) is 1. The molecule has 0 bridgehead atoms. The summed E-state index contributed by atoms with van der Waals surface area (Å²) in [5.74, 6) is 0.606. The van der Waals surface area contributed by atoms with Crippen molar-refractivity contribution in [3.05, 3.63) is 28.8 Å². The predicted octanol–water partition coefficient (Wildman–Crippen LogP) is 3.71. The lowest BCUT2D eigenvalue weighted by atomic mass is 10.1. The Kier molecular flexibility index (Phi) is 5.97. The van der Waals surface area contributed by atoms with Gasteiger partial charge in [0.2, 0.25) is 0 Å². The minimum absolute atomic E-state index is 0.434. The third kappa shape index (κ3) is 3.89. The van der Waals surface area contributed by atoms with Crippen LogP contribution in [-0.4, -0.2) is 19.1 Å². The van der Waals surface area contributed by atoms with Crippen LogP contribution >= 0.6 is 11.6 Å². The lowest BCUT2D eigenvalue weighted by molar-refractivity contribution is 0.569. The fourth-order valence-electron chi connectivity index (χ4n) is 2.19. The molecule has 0 saturated carbocycles. The maximum atomic E-state index is 6.40. The topological polar surface area (TPSA) is 29.3 Å². The summed E-state index contributed by atoms with van der Waals surface area (Å²) in [6.07, 6.45) is 0.872. The number of para-hydroxylation sites is 1. The van der Waals surface area contributed by atoms with Crippen LogP contribution in [0.1, 0.15) is 33.3 Å². The Morgan fingerprint density at radius 3 is 2.39 bits per heavy atom. The van der Waals surface area contributed by atoms with Crippen LogP contribution in [0.4, 0.5) is 5.69 Å². The molecular formula is C15H25ClN2. The van der Waals surface area contributed by atoms with Crippen molar-refractivity contribution in [2.75, 3.05) is 18.0 Å². The zero-order chi connectivity index (χ0) is 13.7. The highest BCUT2D eigenvalue weighted by atomic mass is 35.5. The molecule has 0 amide bonds. The first kappa shape index (κ1) is 15.3. The van der Waals surface area contributed by atoms with Crippen LogP contribution in [0.3, 0.4) is 0 Å². The number of benzene rings is 1. The fourth-order valence-corrected chi connectivity index (χ4v) is 2.50. The molecule has 0 unspecified atom stereocenters. The average Bonchev–Trinajstić information content (AvgIpc) is 2.27. The summed E-state index contributed by atoms with van der Waals surface area (Å²) in [5.41, 5.74) is 8.11. The zero-order valence-electron chi connectivity index (χ0n) is 11.9. The van der Waals surface area contributed by atoms with E-state index >= 15 is 0 Å². The first-order chi connectivity index (χ1) is 8.47. The van der Waals surface area contributed by atoms with Gasteiger partial charge in [0.15, 0.2) is 0 Å². The van der Waals surface area contributed by atoms with Gasteiger partial charge in [0.1, 0.15) is 0 Å². The molecule has 2 N–H and O–H groups in total. The molecular weight excluding hydrogens is 244 g/mol. The largest absolute Gasteiger partial charge is 0.367 e. The molecule has 0 aliphatic rings. The van der Waals surface area contributed by atoms with Crippen LogP contribution in [0.25, 0.3) is 0 Å². The van der Waals surface area contributed by atoms with Crippen molar-refractivity contribution < 1.29 is 0 Å². The molecule has 3 heteroatoms. The third-order valence-corrected chi connectivity index (χ3v) is 3.26. The van der Waals surface area contributed by atoms with Crippen molar-refractivity contribution in [3.8, 4) is 0 Å². The van der Waals surface area contributed by atoms with Gasteiger partial charge in [-0.2, -0.15) is 0 Å². The monoisotopic (exact) mass is 268 g/mol. The quantitative estimate of drug-likeness (QED) is 0.852. The van der Waals surface area contributed by atoms with Crippen LogP contribution in [-0.2, 0) is 6.42 Å². The molecule has 0 aromatic heterocycles. The Balaban J connectivity index is 3.16. The van der Waals surface area contributed by atoms with E-state index in [1.165, 1.54) is 5.56 Å². The minimum atomic E-state index is 0.434. The molecule has 0 aliphatic carbocycles. The molecule has 18 heavy (non-hydrogen) atoms. The van der Waals surface area contributed by atoms with Crippen molar-refractivity contribution in [2.24, 2.45) is 11.7 Å². The standard InChI is InChI=1S/C15H25ClN2/c1-11(2)10-18(12(3)4)15-13(8-9-17)6-5-7-14(15)16/h5-7,11-12H,8-10,17H2,1-4H3. The smallest absolute Gasteiger partial charge is 0.0642 e. The molecule has 0 aliphatic heterocycles. The molecule has 0 saturated heterocycles. The molecule has 0 fully saturated rings. The van der Waals surface area contributed by atoms with Crippen molar-refractivity contribution in [3.63, 3.8) is 0 Å². The van der Waals surface area contributed by atoms with E-state index in [0.717, 1.165) is 23.7 Å². The highest BCUT2D eigenvalue weighted by molar-refractivity contribution is 6.33. The summed E-state index contributed by atoms with van der Waals surface area (Å²) in [6, 6.07) is 6.53. The maximum absolute atomic E-state index is 6.40. The van der Waals surface area contributed by atoms with Crippen LogP contribution in [0.5, 0.6) is 0 Å². The van der Waals surface area contributed by atoms with Crippen LogP contribution in [0.2, 0.25) is 5.02 Å². The van der Waals surface area contributed by atoms with E-state index in [9.17, 15) is 0 Å². The second kappa shape index (κ2) is 7.01. The van der Waals surface area contributed by atoms with E-state index < -0.39 is 0 Å². The minimum Gasteiger partial charge on any atom is -0.367 e. The van der Waals surface area contributed by atoms with Gasteiger partial charge in [-0.3, -0.25) is 0 Å². The van der Waals surface area contributed by atoms with Crippen molar-refractivity contribution in [1.82, 2.24) is 0 Å². The van der Waals surface area contributed by atoms with Crippen molar-refractivity contribution in [1.29, 1.82) is 0 Å². The molecule has 1 rings (SSSR count). The van der Waals surface area contributed by atoms with E-state index in [1.807, 2.05) is 12.1 Å². The van der Waals surface area contributed by atoms with E-state index in [-0.39, 0.29) is 0 Å². The maximum Gasteiger partial charge on any atom is 0.0642 e. The van der Waals surface area contributed by atoms with Crippen LogP contribution in [0, 0.1) is 5.92 Å². The lowest BCUT2D eigenvalue weighted by Crippen LogP contribution is -2.35. The number of hydrogen-bond acceptors (Lipinski definition) is 2. The van der Waals surface area contributed by atoms with Gasteiger partial charge >= 0.3 is 0 Å². The Labute approximate surface area is 116 Å². The molecule has 1 aromatic carbocycles. The second-order valence-electron chi connectivity index (χ2n) is 5.43. The lowest BCUT2D eigenvalue weighted by Gasteiger charge is -2.33. The van der Waals surface area contributed by atoms with Crippen LogP contribution < -0.4 is 10.6 Å². The summed E-state index contributed by atoms with van der Waals surface area (Å²) in [5, 5.41) is 0.829. The van der Waals surface area contributed by atoms with Gasteiger partial charge in [0, 0.05) is 12.6 Å². The molecule has 0 atom stereocenters. The summed E-state index contributed by atoms with van der Waals surface area (Å²) in [4.78, 5) is 2.39. The summed E-state index contributed by atoms with van der Waals surface area (Å²) >= 11 is 6.40. The first-order valence-electron chi connectivity index (χ1n) is 6.71. The summed E-state index contributed by atoms with van der Waals surface area (Å²) < 4.78 is 0. The number of hydrogen-bond donors (Lipinski definition) is 1. The molecule has 0 radical (unpaired) electrons. The Morgan fingerprint density at radius 1 is 1.22 bits per heavy atom.